The van der Waals surface area contributed by atoms with Crippen LogP contribution in [0.5, 0.6) is 0 Å². The van der Waals surface area contributed by atoms with Crippen LogP contribution >= 0.6 is 0 Å². The van der Waals surface area contributed by atoms with E-state index in [2.05, 4.69) is 56.9 Å². The molecule has 0 saturated carbocycles. The highest BCUT2D eigenvalue weighted by Crippen LogP contribution is 2.25. The lowest BCUT2D eigenvalue weighted by Crippen LogP contribution is -2.47. The normalized spacial score (nSPS) is 14.8. The zero-order chi connectivity index (χ0) is 17.2. The van der Waals surface area contributed by atoms with Crippen LogP contribution in [0.15, 0.2) is 49.1 Å². The number of rotatable bonds is 3. The maximum atomic E-state index is 4.46. The molecule has 0 N–H and O–H groups in total. The lowest BCUT2D eigenvalue weighted by molar-refractivity contribution is 0.644. The molecule has 2 aromatic heterocycles. The predicted molar refractivity (Wildman–Crippen MR) is 99.5 cm³/mol. The van der Waals surface area contributed by atoms with Crippen LogP contribution in [0.2, 0.25) is 0 Å². The van der Waals surface area contributed by atoms with Gasteiger partial charge >= 0.3 is 0 Å². The summed E-state index contributed by atoms with van der Waals surface area (Å²) in [6, 6.07) is 10.4. The first kappa shape index (κ1) is 15.6. The van der Waals surface area contributed by atoms with E-state index in [1.54, 1.807) is 17.2 Å². The Morgan fingerprint density at radius 3 is 2.40 bits per heavy atom. The van der Waals surface area contributed by atoms with Gasteiger partial charge < -0.3 is 9.80 Å². The fourth-order valence-corrected chi connectivity index (χ4v) is 3.29. The predicted octanol–water partition coefficient (Wildman–Crippen LogP) is 2.61. The van der Waals surface area contributed by atoms with Crippen LogP contribution in [0.1, 0.15) is 11.1 Å². The highest BCUT2D eigenvalue weighted by Gasteiger charge is 2.20. The average Bonchev–Trinajstić information content (AvgIpc) is 3.19. The standard InChI is InChI=1S/C19H22N6/c1-15-5-3-6-17(16(15)2)23-9-11-24(12-10-23)18-13-19(21-14-20-18)25-8-4-7-22-25/h3-8,13-14H,9-12H2,1-2H3. The molecule has 0 amide bonds. The Kier molecular flexibility index (Phi) is 4.09. The minimum absolute atomic E-state index is 0.798. The fraction of sp³-hybridized carbons (Fsp3) is 0.316. The van der Waals surface area contributed by atoms with Crippen molar-refractivity contribution in [3.05, 3.63) is 60.2 Å². The van der Waals surface area contributed by atoms with Crippen LogP contribution in [0.25, 0.3) is 5.82 Å². The highest BCUT2D eigenvalue weighted by atomic mass is 15.3. The summed E-state index contributed by atoms with van der Waals surface area (Å²) in [6.07, 6.45) is 5.26. The number of aryl methyl sites for hydroxylation is 1. The van der Waals surface area contributed by atoms with E-state index in [1.807, 2.05) is 18.3 Å². The Balaban J connectivity index is 1.49. The second-order valence-corrected chi connectivity index (χ2v) is 6.38. The van der Waals surface area contributed by atoms with Crippen LogP contribution in [0.3, 0.4) is 0 Å². The molecule has 3 aromatic rings. The quantitative estimate of drug-likeness (QED) is 0.737. The van der Waals surface area contributed by atoms with Gasteiger partial charge in [-0.2, -0.15) is 5.10 Å². The third kappa shape index (κ3) is 3.07. The Labute approximate surface area is 147 Å². The molecule has 0 spiro atoms. The molecule has 1 aliphatic heterocycles. The first-order valence-electron chi connectivity index (χ1n) is 8.60. The van der Waals surface area contributed by atoms with Gasteiger partial charge in [-0.1, -0.05) is 12.1 Å². The zero-order valence-corrected chi connectivity index (χ0v) is 14.6. The van der Waals surface area contributed by atoms with Crippen LogP contribution in [-0.2, 0) is 0 Å². The molecule has 1 aromatic carbocycles. The van der Waals surface area contributed by atoms with Gasteiger partial charge in [-0.25, -0.2) is 14.6 Å². The van der Waals surface area contributed by atoms with Crippen LogP contribution in [-0.4, -0.2) is 45.9 Å². The molecule has 3 heterocycles. The minimum atomic E-state index is 0.798. The molecular formula is C19H22N6. The van der Waals surface area contributed by atoms with E-state index in [-0.39, 0.29) is 0 Å². The zero-order valence-electron chi connectivity index (χ0n) is 14.6. The van der Waals surface area contributed by atoms with Crippen molar-refractivity contribution in [1.82, 2.24) is 19.7 Å². The Bertz CT molecular complexity index is 850. The summed E-state index contributed by atoms with van der Waals surface area (Å²) in [5, 5.41) is 4.24. The third-order valence-electron chi connectivity index (χ3n) is 4.90. The smallest absolute Gasteiger partial charge is 0.158 e. The Hall–Kier alpha value is -2.89. The largest absolute Gasteiger partial charge is 0.368 e. The number of benzene rings is 1. The van der Waals surface area contributed by atoms with Crippen LogP contribution < -0.4 is 9.80 Å². The molecule has 1 fully saturated rings. The molecule has 25 heavy (non-hydrogen) atoms. The van der Waals surface area contributed by atoms with E-state index >= 15 is 0 Å². The topological polar surface area (TPSA) is 50.1 Å². The summed E-state index contributed by atoms with van der Waals surface area (Å²) < 4.78 is 1.76. The van der Waals surface area contributed by atoms with Gasteiger partial charge in [0.05, 0.1) is 0 Å². The monoisotopic (exact) mass is 334 g/mol. The van der Waals surface area contributed by atoms with E-state index < -0.39 is 0 Å². The van der Waals surface area contributed by atoms with Gasteiger partial charge in [-0.3, -0.25) is 0 Å². The van der Waals surface area contributed by atoms with Crippen molar-refractivity contribution < 1.29 is 0 Å². The summed E-state index contributed by atoms with van der Waals surface area (Å²) in [5.74, 6) is 1.76. The molecule has 128 valence electrons. The van der Waals surface area contributed by atoms with Crippen molar-refractivity contribution >= 4 is 11.5 Å². The fourth-order valence-electron chi connectivity index (χ4n) is 3.29. The van der Waals surface area contributed by atoms with E-state index in [9.17, 15) is 0 Å². The second-order valence-electron chi connectivity index (χ2n) is 6.38. The molecule has 6 heteroatoms. The van der Waals surface area contributed by atoms with Gasteiger partial charge in [0.1, 0.15) is 12.1 Å². The van der Waals surface area contributed by atoms with Crippen molar-refractivity contribution in [2.24, 2.45) is 0 Å². The van der Waals surface area contributed by atoms with Crippen molar-refractivity contribution in [2.75, 3.05) is 36.0 Å². The number of hydrogen-bond acceptors (Lipinski definition) is 5. The van der Waals surface area contributed by atoms with Crippen molar-refractivity contribution in [1.29, 1.82) is 0 Å². The molecule has 6 nitrogen and oxygen atoms in total. The number of anilines is 2. The van der Waals surface area contributed by atoms with Gasteiger partial charge in [0.15, 0.2) is 5.82 Å². The molecule has 0 bridgehead atoms. The molecular weight excluding hydrogens is 312 g/mol. The van der Waals surface area contributed by atoms with E-state index in [0.717, 1.165) is 37.8 Å². The average molecular weight is 334 g/mol. The second kappa shape index (κ2) is 6.55. The summed E-state index contributed by atoms with van der Waals surface area (Å²) in [7, 11) is 0. The van der Waals surface area contributed by atoms with Crippen LogP contribution in [0.4, 0.5) is 11.5 Å². The van der Waals surface area contributed by atoms with Gasteiger partial charge in [-0.15, -0.1) is 0 Å². The molecule has 0 radical (unpaired) electrons. The summed E-state index contributed by atoms with van der Waals surface area (Å²) in [5.41, 5.74) is 4.07. The van der Waals surface area contributed by atoms with E-state index in [1.165, 1.54) is 16.8 Å². The van der Waals surface area contributed by atoms with Crippen molar-refractivity contribution in [3.8, 4) is 5.82 Å². The van der Waals surface area contributed by atoms with E-state index in [0.29, 0.717) is 0 Å². The Morgan fingerprint density at radius 1 is 0.880 bits per heavy atom. The summed E-state index contributed by atoms with van der Waals surface area (Å²) >= 11 is 0. The summed E-state index contributed by atoms with van der Waals surface area (Å²) in [6.45, 7) is 8.26. The van der Waals surface area contributed by atoms with Gasteiger partial charge in [0, 0.05) is 50.3 Å². The lowest BCUT2D eigenvalue weighted by atomic mass is 10.1. The third-order valence-corrected chi connectivity index (χ3v) is 4.90. The Morgan fingerprint density at radius 2 is 1.64 bits per heavy atom. The van der Waals surface area contributed by atoms with Crippen molar-refractivity contribution in [2.45, 2.75) is 13.8 Å². The number of aromatic nitrogens is 4. The molecule has 1 aliphatic rings. The molecule has 0 aliphatic carbocycles. The van der Waals surface area contributed by atoms with Gasteiger partial charge in [-0.05, 0) is 37.1 Å². The maximum Gasteiger partial charge on any atom is 0.158 e. The highest BCUT2D eigenvalue weighted by molar-refractivity contribution is 5.57. The maximum absolute atomic E-state index is 4.46. The first-order chi connectivity index (χ1) is 12.2. The number of nitrogens with zero attached hydrogens (tertiary/aromatic N) is 6. The first-order valence-corrected chi connectivity index (χ1v) is 8.60. The van der Waals surface area contributed by atoms with Gasteiger partial charge in [0.2, 0.25) is 0 Å². The number of piperazine rings is 1. The SMILES string of the molecule is Cc1cccc(N2CCN(c3cc(-n4cccn4)ncn3)CC2)c1C. The van der Waals surface area contributed by atoms with Crippen molar-refractivity contribution in [3.63, 3.8) is 0 Å². The van der Waals surface area contributed by atoms with E-state index in [4.69, 9.17) is 0 Å². The molecule has 0 unspecified atom stereocenters. The van der Waals surface area contributed by atoms with Gasteiger partial charge in [0.25, 0.3) is 0 Å². The molecule has 1 saturated heterocycles. The van der Waals surface area contributed by atoms with Crippen LogP contribution in [0, 0.1) is 13.8 Å². The molecule has 4 rings (SSSR count). The molecule has 0 atom stereocenters. The number of hydrogen-bond donors (Lipinski definition) is 0. The summed E-state index contributed by atoms with van der Waals surface area (Å²) in [4.78, 5) is 13.6. The minimum Gasteiger partial charge on any atom is -0.368 e. The lowest BCUT2D eigenvalue weighted by Gasteiger charge is -2.37.